The van der Waals surface area contributed by atoms with Gasteiger partial charge in [-0.2, -0.15) is 303 Å². The van der Waals surface area contributed by atoms with Crippen LogP contribution in [-0.2, 0) is 8.23 Å². The Labute approximate surface area is 609 Å². The Morgan fingerprint density at radius 1 is 0.106 bits per heavy atom. The van der Waals surface area contributed by atoms with Crippen LogP contribution < -0.4 is 0 Å². The molecule has 0 aromatic rings. The van der Waals surface area contributed by atoms with Crippen LogP contribution in [0.3, 0.4) is 0 Å². The maximum Gasteiger partial charge on any atom is 0.491 e. The number of hydrogen-bond donors (Lipinski definition) is 0. The Hall–Kier alpha value is -5.10. The van der Waals surface area contributed by atoms with Gasteiger partial charge in [0.15, 0.2) is 0 Å². The molecule has 0 bridgehead atoms. The zero-order valence-corrected chi connectivity index (χ0v) is 54.4. The topological polar surface area (TPSA) is 18.5 Å². The first-order valence-electron chi connectivity index (χ1n) is 25.4. The third kappa shape index (κ3) is 13.8. The van der Waals surface area contributed by atoms with Gasteiger partial charge in [-0.05, 0) is 0 Å². The number of halogens is 81. The molecule has 0 amide bonds. The van der Waals surface area contributed by atoms with Crippen molar-refractivity contribution < 1.29 is 364 Å². The fourth-order valence-corrected chi connectivity index (χ4v) is 20.7. The molecule has 0 atom stereocenters. The molecule has 0 N–H and O–H groups in total. The fraction of sp³-hybridized carbons (Fsp3) is 1.00. The smallest absolute Gasteiger partial charge is 0.417 e. The minimum atomic E-state index is -18.0. The van der Waals surface area contributed by atoms with Crippen molar-refractivity contribution in [2.75, 3.05) is 0 Å². The van der Waals surface area contributed by atoms with E-state index in [4.69, 9.17) is 0 Å². The van der Waals surface area contributed by atoms with Gasteiger partial charge < -0.3 is 8.23 Å². The summed E-state index contributed by atoms with van der Waals surface area (Å²) in [7, 11) is -50.3. The summed E-state index contributed by atoms with van der Waals surface area (Å²) in [5, 5.41) is 0. The lowest BCUT2D eigenvalue weighted by molar-refractivity contribution is -0.447. The minimum Gasteiger partial charge on any atom is -0.417 e. The van der Waals surface area contributed by atoms with Gasteiger partial charge in [0, 0.05) is 0 Å². The second-order valence-corrected chi connectivity index (χ2v) is 31.8. The van der Waals surface area contributed by atoms with Crippen LogP contribution in [0.15, 0.2) is 0 Å². The van der Waals surface area contributed by atoms with Crippen molar-refractivity contribution in [2.24, 2.45) is 0 Å². The van der Waals surface area contributed by atoms with Crippen LogP contribution in [0.25, 0.3) is 0 Å². The Kier molecular flexibility index (Phi) is 27.5. The average molecular weight is 2100 g/mol. The maximum absolute atomic E-state index is 18.0. The first kappa shape index (κ1) is 118. The van der Waals surface area contributed by atoms with E-state index in [2.05, 4.69) is 0 Å². The monoisotopic (exact) mass is 2100 g/mol. The van der Waals surface area contributed by atoms with Gasteiger partial charge in [-0.3, -0.25) is 0 Å². The van der Waals surface area contributed by atoms with Crippen molar-refractivity contribution in [1.29, 1.82) is 0 Å². The zero-order chi connectivity index (χ0) is 102. The molecule has 0 spiro atoms. The molecule has 739 valence electrons. The van der Waals surface area contributed by atoms with Gasteiger partial charge in [0.2, 0.25) is 0 Å². The Balaban J connectivity index is 14.1. The lowest BCUT2D eigenvalue weighted by Crippen LogP contribution is -2.95. The largest absolute Gasteiger partial charge is 0.491 e. The van der Waals surface area contributed by atoms with Gasteiger partial charge in [0.25, 0.3) is 0 Å². The molecule has 2 nitrogen and oxygen atoms in total. The summed E-state index contributed by atoms with van der Waals surface area (Å²) >= 11 is 0. The highest BCUT2D eigenvalue weighted by Gasteiger charge is 3.13. The first-order chi connectivity index (χ1) is 51.3. The van der Waals surface area contributed by atoms with Crippen molar-refractivity contribution in [3.63, 3.8) is 0 Å². The second-order valence-electron chi connectivity index (χ2n) is 22.6. The Bertz CT molecular complexity index is 3140. The molecule has 0 rings (SSSR count). The van der Waals surface area contributed by atoms with Gasteiger partial charge in [0.1, 0.15) is 0 Å². The van der Waals surface area contributed by atoms with Gasteiger partial charge in [-0.1, -0.05) is 0 Å². The summed E-state index contributed by atoms with van der Waals surface area (Å²) in [6.45, 7) is 0. The van der Waals surface area contributed by atoms with Crippen LogP contribution in [0.1, 0.15) is 0 Å². The summed E-state index contributed by atoms with van der Waals surface area (Å²) in [6.07, 6.45) is -60.3. The average Bonchev–Trinajstić information content (AvgIpc) is 0.648. The summed E-state index contributed by atoms with van der Waals surface area (Å²) in [6, 6.07) is 0. The zero-order valence-electron chi connectivity index (χ0n) is 51.4. The summed E-state index contributed by atoms with van der Waals surface area (Å²) < 4.78 is 1200. The van der Waals surface area contributed by atoms with Gasteiger partial charge >= 0.3 is 244 Å². The van der Waals surface area contributed by atoms with Crippen LogP contribution in [-0.4, -0.2) is 244 Å². The lowest BCUT2D eigenvalue weighted by atomic mass is 9.97. The summed E-state index contributed by atoms with van der Waals surface area (Å²) in [5.41, 5.74) is -84.2. The van der Waals surface area contributed by atoms with Crippen LogP contribution >= 0.6 is 0 Å². The molecule has 0 aromatic heterocycles. The number of hydrogen-bond acceptors (Lipinski definition) is 2. The van der Waals surface area contributed by atoms with E-state index in [1.807, 2.05) is 0 Å². The van der Waals surface area contributed by atoms with Gasteiger partial charge in [0.05, 0.1) is 0 Å². The molecule has 0 saturated carbocycles. The third-order valence-electron chi connectivity index (χ3n) is 15.0. The normalized spacial score (nSPS) is 17.6. The van der Waals surface area contributed by atoms with Gasteiger partial charge in [-0.15, -0.1) is 0 Å². The van der Waals surface area contributed by atoms with E-state index < -0.39 is 252 Å². The molecule has 0 fully saturated rings. The van der Waals surface area contributed by atoms with Crippen LogP contribution in [0.5, 0.6) is 0 Å². The molecule has 0 aliphatic rings. The lowest BCUT2D eigenvalue weighted by Gasteiger charge is -2.56. The third-order valence-corrected chi connectivity index (χ3v) is 26.6. The van der Waals surface area contributed by atoms with Crippen molar-refractivity contribution >= 4 is 25.9 Å². The quantitative estimate of drug-likeness (QED) is 0.0472. The van der Waals surface area contributed by atoms with E-state index in [1.165, 1.54) is 0 Å². The standard InChI is InChI=1S/C37F81O2Si3/c38-1(39,13(62,63)25(86,87)88)7(50,51)19(74,75)31(104,105)122(32(106,107)20(76,77)8(52,53)2(40,41)14(64,65)26(89,90)91,33(108,109)21(78,79)9(54,55)3(42,43)15(66,67)27(92,93)94)119-121(37(116,117)118)120-123(34(110,111)22(80,81)10(56,57)4(44,45)16(68,69)28(95,96)97,35(112,113)23(82,83)11(58,59)5(46,47)17(70,71)29(98,99)100)36(114,115)24(84,85)12(60,61)6(48,49)18(72,73)30(101,102)103. The molecular weight excluding hydrogens is 2100 g/mol. The van der Waals surface area contributed by atoms with Gasteiger partial charge in [-0.25, -0.2) is 52.7 Å². The molecule has 0 heterocycles. The van der Waals surface area contributed by atoms with Crippen LogP contribution in [0, 0.1) is 0 Å². The molecule has 0 aliphatic heterocycles. The van der Waals surface area contributed by atoms with Crippen molar-refractivity contribution in [1.82, 2.24) is 0 Å². The van der Waals surface area contributed by atoms with Crippen molar-refractivity contribution in [3.8, 4) is 0 Å². The predicted octanol–water partition coefficient (Wildman–Crippen LogP) is 25.2. The van der Waals surface area contributed by atoms with E-state index in [1.54, 1.807) is 0 Å². The van der Waals surface area contributed by atoms with E-state index in [-0.39, 0.29) is 0 Å². The molecule has 0 aliphatic carbocycles. The molecule has 0 unspecified atom stereocenters. The Morgan fingerprint density at radius 2 is 0.179 bits per heavy atom. The molecule has 1 radical (unpaired) electrons. The van der Waals surface area contributed by atoms with E-state index >= 15 is 171 Å². The highest BCUT2D eigenvalue weighted by atomic mass is 28.4. The molecular formula is C37F81O2Si3. The molecule has 86 heteroatoms. The SMILES string of the molecule is FC(F)(F)[Si](O[Si](C(F)(F)C(F)(F)C(F)(F)C(F)(F)C(F)(F)C(F)(F)F)(C(F)(F)C(F)(F)C(F)(F)C(F)(F)C(F)(F)C(F)(F)F)C(F)(F)C(F)(F)C(F)(F)C(F)(F)C(F)(F)C(F)(F)F)O[Si](C(F)(F)C(F)(F)C(F)(F)C(F)(F)C(F)(F)C(F)(F)F)(C(F)(F)C(F)(F)C(F)(F)C(F)(F)C(F)(F)C(F)(F)F)C(F)(F)C(F)(F)C(F)(F)C(F)(F)C(F)(F)C(F)(F)F. The Morgan fingerprint density at radius 3 is 0.244 bits per heavy atom. The van der Waals surface area contributed by atoms with Crippen molar-refractivity contribution in [3.05, 3.63) is 0 Å². The summed E-state index contributed by atoms with van der Waals surface area (Å²) in [4.78, 5) is 0. The fourth-order valence-electron chi connectivity index (χ4n) is 7.93. The highest BCUT2D eigenvalue weighted by molar-refractivity contribution is 6.90. The maximum atomic E-state index is 16.9. The van der Waals surface area contributed by atoms with Crippen molar-refractivity contribution in [2.45, 2.75) is 218 Å². The molecule has 0 saturated heterocycles. The van der Waals surface area contributed by atoms with E-state index in [9.17, 15) is 184 Å². The first-order valence-corrected chi connectivity index (χ1v) is 30.5. The van der Waals surface area contributed by atoms with E-state index in [0.29, 0.717) is 0 Å². The number of alkyl halides is 81. The van der Waals surface area contributed by atoms with Crippen LogP contribution in [0.4, 0.5) is 356 Å². The summed E-state index contributed by atoms with van der Waals surface area (Å²) in [5.74, 6) is -301. The van der Waals surface area contributed by atoms with Crippen LogP contribution in [0.2, 0.25) is 0 Å². The molecule has 123 heavy (non-hydrogen) atoms. The second kappa shape index (κ2) is 28.7. The number of rotatable bonds is 34. The molecule has 0 aromatic carbocycles. The van der Waals surface area contributed by atoms with E-state index in [0.717, 1.165) is 0 Å². The minimum absolute atomic E-state index is 0.501. The highest BCUT2D eigenvalue weighted by Crippen LogP contribution is 2.77. The predicted molar refractivity (Wildman–Crippen MR) is 210 cm³/mol.